The quantitative estimate of drug-likeness (QED) is 0.548. The molecule has 0 unspecified atom stereocenters. The summed E-state index contributed by atoms with van der Waals surface area (Å²) in [6.07, 6.45) is 4.26. The van der Waals surface area contributed by atoms with Crippen molar-refractivity contribution in [3.8, 4) is 22.9 Å². The van der Waals surface area contributed by atoms with Crippen LogP contribution in [0.2, 0.25) is 0 Å². The second-order valence-electron chi connectivity index (χ2n) is 4.90. The van der Waals surface area contributed by atoms with Crippen LogP contribution in [0.4, 0.5) is 5.69 Å². The van der Waals surface area contributed by atoms with Gasteiger partial charge >= 0.3 is 5.69 Å². The molecule has 0 spiro atoms. The summed E-state index contributed by atoms with van der Waals surface area (Å²) in [6.45, 7) is 7.27. The van der Waals surface area contributed by atoms with Crippen LogP contribution >= 0.6 is 0 Å². The van der Waals surface area contributed by atoms with Gasteiger partial charge in [-0.05, 0) is 26.3 Å². The Morgan fingerprint density at radius 2 is 2.04 bits per heavy atom. The van der Waals surface area contributed by atoms with Crippen molar-refractivity contribution in [1.82, 2.24) is 9.55 Å². The van der Waals surface area contributed by atoms with Crippen LogP contribution in [0.25, 0.3) is 11.4 Å². The van der Waals surface area contributed by atoms with Gasteiger partial charge < -0.3 is 14.0 Å². The molecule has 0 saturated carbocycles. The first-order valence-corrected chi connectivity index (χ1v) is 7.71. The van der Waals surface area contributed by atoms with Gasteiger partial charge in [0.2, 0.25) is 5.75 Å². The van der Waals surface area contributed by atoms with Crippen LogP contribution in [0.5, 0.6) is 11.5 Å². The maximum atomic E-state index is 11.5. The Morgan fingerprint density at radius 3 is 2.65 bits per heavy atom. The van der Waals surface area contributed by atoms with Crippen LogP contribution in [-0.2, 0) is 6.54 Å². The molecule has 2 aromatic rings. The van der Waals surface area contributed by atoms with Crippen molar-refractivity contribution in [2.24, 2.45) is 0 Å². The molecule has 0 saturated heterocycles. The van der Waals surface area contributed by atoms with E-state index in [0.717, 1.165) is 13.0 Å². The van der Waals surface area contributed by atoms with Gasteiger partial charge in [-0.1, -0.05) is 6.92 Å². The van der Waals surface area contributed by atoms with Gasteiger partial charge in [0.25, 0.3) is 0 Å². The van der Waals surface area contributed by atoms with E-state index >= 15 is 0 Å². The van der Waals surface area contributed by atoms with Gasteiger partial charge in [-0.15, -0.1) is 0 Å². The van der Waals surface area contributed by atoms with Crippen molar-refractivity contribution in [2.75, 3.05) is 13.2 Å². The zero-order valence-corrected chi connectivity index (χ0v) is 13.6. The van der Waals surface area contributed by atoms with E-state index in [0.29, 0.717) is 30.4 Å². The van der Waals surface area contributed by atoms with Gasteiger partial charge in [-0.3, -0.25) is 10.1 Å². The number of imidazole rings is 1. The van der Waals surface area contributed by atoms with Gasteiger partial charge in [-0.2, -0.15) is 0 Å². The molecule has 1 aromatic heterocycles. The molecule has 23 heavy (non-hydrogen) atoms. The number of rotatable bonds is 8. The van der Waals surface area contributed by atoms with E-state index in [1.807, 2.05) is 31.5 Å². The van der Waals surface area contributed by atoms with E-state index in [1.165, 1.54) is 6.07 Å². The maximum Gasteiger partial charge on any atom is 0.315 e. The molecule has 1 aromatic carbocycles. The fourth-order valence-corrected chi connectivity index (χ4v) is 2.29. The van der Waals surface area contributed by atoms with Crippen LogP contribution in [-0.4, -0.2) is 27.7 Å². The van der Waals surface area contributed by atoms with Gasteiger partial charge in [0.05, 0.1) is 18.1 Å². The van der Waals surface area contributed by atoms with Gasteiger partial charge in [-0.25, -0.2) is 4.98 Å². The van der Waals surface area contributed by atoms with Crippen molar-refractivity contribution < 1.29 is 14.4 Å². The molecule has 0 radical (unpaired) electrons. The third kappa shape index (κ3) is 3.61. The number of hydrogen-bond donors (Lipinski definition) is 0. The summed E-state index contributed by atoms with van der Waals surface area (Å²) in [6, 6.07) is 3.23. The highest BCUT2D eigenvalue weighted by molar-refractivity contribution is 5.69. The SMILES string of the molecule is CCCOc1c(OCC)cc(-c2nccn2CC)cc1[N+](=O)[O-]. The highest BCUT2D eigenvalue weighted by Gasteiger charge is 2.24. The number of aryl methyl sites for hydroxylation is 1. The van der Waals surface area contributed by atoms with Gasteiger partial charge in [0.1, 0.15) is 5.82 Å². The zero-order valence-electron chi connectivity index (χ0n) is 13.6. The third-order valence-corrected chi connectivity index (χ3v) is 3.30. The Morgan fingerprint density at radius 1 is 1.26 bits per heavy atom. The van der Waals surface area contributed by atoms with Gasteiger partial charge in [0, 0.05) is 30.6 Å². The first kappa shape index (κ1) is 16.8. The lowest BCUT2D eigenvalue weighted by Gasteiger charge is -2.14. The lowest BCUT2D eigenvalue weighted by atomic mass is 10.1. The normalized spacial score (nSPS) is 10.6. The predicted molar refractivity (Wildman–Crippen MR) is 86.9 cm³/mol. The molecule has 0 fully saturated rings. The van der Waals surface area contributed by atoms with E-state index in [1.54, 1.807) is 12.3 Å². The Bertz CT molecular complexity index is 682. The second-order valence-corrected chi connectivity index (χ2v) is 4.90. The molecule has 0 amide bonds. The average Bonchev–Trinajstić information content (AvgIpc) is 3.01. The topological polar surface area (TPSA) is 79.4 Å². The number of aromatic nitrogens is 2. The molecule has 0 N–H and O–H groups in total. The number of hydrogen-bond acceptors (Lipinski definition) is 5. The van der Waals surface area contributed by atoms with E-state index < -0.39 is 4.92 Å². The number of nitro groups is 1. The van der Waals surface area contributed by atoms with E-state index in [4.69, 9.17) is 9.47 Å². The van der Waals surface area contributed by atoms with Crippen LogP contribution in [0.1, 0.15) is 27.2 Å². The van der Waals surface area contributed by atoms with Crippen molar-refractivity contribution in [3.05, 3.63) is 34.6 Å². The molecule has 7 nitrogen and oxygen atoms in total. The zero-order chi connectivity index (χ0) is 16.8. The Labute approximate surface area is 135 Å². The number of nitro benzene ring substituents is 1. The molecule has 0 atom stereocenters. The summed E-state index contributed by atoms with van der Waals surface area (Å²) in [7, 11) is 0. The molecule has 124 valence electrons. The Hall–Kier alpha value is -2.57. The Kier molecular flexibility index (Phi) is 5.56. The highest BCUT2D eigenvalue weighted by atomic mass is 16.6. The van der Waals surface area contributed by atoms with Crippen LogP contribution in [0.15, 0.2) is 24.5 Å². The molecule has 0 aliphatic rings. The maximum absolute atomic E-state index is 11.5. The summed E-state index contributed by atoms with van der Waals surface area (Å²) < 4.78 is 13.1. The molecule has 2 rings (SSSR count). The van der Waals surface area contributed by atoms with Crippen molar-refractivity contribution in [3.63, 3.8) is 0 Å². The van der Waals surface area contributed by atoms with Crippen molar-refractivity contribution in [2.45, 2.75) is 33.7 Å². The summed E-state index contributed by atoms with van der Waals surface area (Å²) in [5.74, 6) is 1.21. The summed E-state index contributed by atoms with van der Waals surface area (Å²) in [4.78, 5) is 15.3. The molecule has 0 aliphatic heterocycles. The standard InChI is InChI=1S/C16H21N3O4/c1-4-9-23-15-13(19(20)21)10-12(11-14(15)22-6-3)16-17-7-8-18(16)5-2/h7-8,10-11H,4-6,9H2,1-3H3. The molecule has 7 heteroatoms. The monoisotopic (exact) mass is 319 g/mol. The van der Waals surface area contributed by atoms with Crippen LogP contribution in [0.3, 0.4) is 0 Å². The molecule has 0 aliphatic carbocycles. The largest absolute Gasteiger partial charge is 0.490 e. The molecule has 0 bridgehead atoms. The minimum Gasteiger partial charge on any atom is -0.490 e. The Balaban J connectivity index is 2.59. The fourth-order valence-electron chi connectivity index (χ4n) is 2.29. The predicted octanol–water partition coefficient (Wildman–Crippen LogP) is 3.67. The van der Waals surface area contributed by atoms with E-state index in [9.17, 15) is 10.1 Å². The molecule has 1 heterocycles. The van der Waals surface area contributed by atoms with Crippen molar-refractivity contribution in [1.29, 1.82) is 0 Å². The lowest BCUT2D eigenvalue weighted by Crippen LogP contribution is -2.05. The van der Waals surface area contributed by atoms with Crippen LogP contribution < -0.4 is 9.47 Å². The number of nitrogens with zero attached hydrogens (tertiary/aromatic N) is 3. The highest BCUT2D eigenvalue weighted by Crippen LogP contribution is 2.41. The smallest absolute Gasteiger partial charge is 0.315 e. The number of benzene rings is 1. The second kappa shape index (κ2) is 7.62. The minimum atomic E-state index is -0.448. The molecular formula is C16H21N3O4. The first-order chi connectivity index (χ1) is 11.1. The minimum absolute atomic E-state index is 0.106. The fraction of sp³-hybridized carbons (Fsp3) is 0.438. The lowest BCUT2D eigenvalue weighted by molar-refractivity contribution is -0.385. The molecular weight excluding hydrogens is 298 g/mol. The third-order valence-electron chi connectivity index (χ3n) is 3.30. The van der Waals surface area contributed by atoms with Crippen molar-refractivity contribution >= 4 is 5.69 Å². The van der Waals surface area contributed by atoms with Crippen LogP contribution in [0, 0.1) is 10.1 Å². The number of ether oxygens (including phenoxy) is 2. The van der Waals surface area contributed by atoms with Gasteiger partial charge in [0.15, 0.2) is 5.75 Å². The van der Waals surface area contributed by atoms with E-state index in [2.05, 4.69) is 4.98 Å². The van der Waals surface area contributed by atoms with E-state index in [-0.39, 0.29) is 11.4 Å². The summed E-state index contributed by atoms with van der Waals surface area (Å²) >= 11 is 0. The summed E-state index contributed by atoms with van der Waals surface area (Å²) in [5.41, 5.74) is 0.529. The average molecular weight is 319 g/mol. The summed E-state index contributed by atoms with van der Waals surface area (Å²) in [5, 5.41) is 11.5. The first-order valence-electron chi connectivity index (χ1n) is 7.71.